The molecule has 0 aromatic carbocycles. The fourth-order valence-corrected chi connectivity index (χ4v) is 6.88. The molecule has 0 aromatic heterocycles. The summed E-state index contributed by atoms with van der Waals surface area (Å²) in [6, 6.07) is 0. The molecule has 0 N–H and O–H groups in total. The van der Waals surface area contributed by atoms with E-state index in [2.05, 4.69) is 26.8 Å². The second-order valence-corrected chi connectivity index (χ2v) is 8.78. The molecule has 0 heterocycles. The van der Waals surface area contributed by atoms with Crippen LogP contribution >= 0.6 is 0 Å². The molecule has 22 heavy (non-hydrogen) atoms. The SMILES string of the molecule is CC=C1CC[C@H]2[C@@H]3CCC4=CC(=O)CC[C@@]4(C)[C@H]3CC[C@]12C. The third-order valence-electron chi connectivity index (χ3n) is 8.16. The van der Waals surface area contributed by atoms with E-state index in [9.17, 15) is 4.79 Å². The lowest BCUT2D eigenvalue weighted by Crippen LogP contribution is -2.49. The zero-order chi connectivity index (χ0) is 15.5. The maximum Gasteiger partial charge on any atom is 0.155 e. The van der Waals surface area contributed by atoms with Crippen molar-refractivity contribution in [2.75, 3.05) is 0 Å². The molecule has 0 unspecified atom stereocenters. The maximum atomic E-state index is 11.9. The second-order valence-electron chi connectivity index (χ2n) is 8.78. The van der Waals surface area contributed by atoms with Gasteiger partial charge in [-0.15, -0.1) is 0 Å². The largest absolute Gasteiger partial charge is 0.295 e. The second kappa shape index (κ2) is 4.82. The van der Waals surface area contributed by atoms with Crippen LogP contribution in [0.4, 0.5) is 0 Å². The summed E-state index contributed by atoms with van der Waals surface area (Å²) in [5, 5.41) is 0. The normalized spacial score (nSPS) is 49.4. The molecule has 1 nitrogen and oxygen atoms in total. The summed E-state index contributed by atoms with van der Waals surface area (Å²) < 4.78 is 0. The van der Waals surface area contributed by atoms with Gasteiger partial charge in [-0.2, -0.15) is 0 Å². The highest BCUT2D eigenvalue weighted by Crippen LogP contribution is 2.66. The van der Waals surface area contributed by atoms with Crippen molar-refractivity contribution in [1.82, 2.24) is 0 Å². The van der Waals surface area contributed by atoms with Gasteiger partial charge in [0.2, 0.25) is 0 Å². The van der Waals surface area contributed by atoms with Crippen LogP contribution in [0.25, 0.3) is 0 Å². The van der Waals surface area contributed by atoms with Crippen molar-refractivity contribution in [3.05, 3.63) is 23.3 Å². The van der Waals surface area contributed by atoms with E-state index in [4.69, 9.17) is 0 Å². The molecule has 3 fully saturated rings. The Hall–Kier alpha value is -0.850. The molecule has 0 amide bonds. The van der Waals surface area contributed by atoms with Gasteiger partial charge in [-0.05, 0) is 86.5 Å². The average molecular weight is 298 g/mol. The first-order chi connectivity index (χ1) is 10.5. The number of rotatable bonds is 0. The van der Waals surface area contributed by atoms with Crippen LogP contribution in [0.15, 0.2) is 23.3 Å². The number of ketones is 1. The highest BCUT2D eigenvalue weighted by molar-refractivity contribution is 5.91. The van der Waals surface area contributed by atoms with Gasteiger partial charge >= 0.3 is 0 Å². The summed E-state index contributed by atoms with van der Waals surface area (Å²) in [4.78, 5) is 11.9. The first-order valence-electron chi connectivity index (χ1n) is 9.38. The van der Waals surface area contributed by atoms with E-state index in [0.717, 1.165) is 30.6 Å². The van der Waals surface area contributed by atoms with Gasteiger partial charge in [0.1, 0.15) is 0 Å². The summed E-state index contributed by atoms with van der Waals surface area (Å²) in [7, 11) is 0. The lowest BCUT2D eigenvalue weighted by molar-refractivity contribution is -0.117. The van der Waals surface area contributed by atoms with E-state index in [1.807, 2.05) is 6.08 Å². The molecule has 4 rings (SSSR count). The fourth-order valence-electron chi connectivity index (χ4n) is 6.88. The minimum Gasteiger partial charge on any atom is -0.295 e. The third-order valence-corrected chi connectivity index (χ3v) is 8.16. The van der Waals surface area contributed by atoms with Crippen LogP contribution in [0.2, 0.25) is 0 Å². The van der Waals surface area contributed by atoms with Crippen LogP contribution in [0.1, 0.15) is 72.1 Å². The highest BCUT2D eigenvalue weighted by atomic mass is 16.1. The van der Waals surface area contributed by atoms with Gasteiger partial charge in [0, 0.05) is 6.42 Å². The first kappa shape index (κ1) is 14.7. The Labute approximate surface area is 135 Å². The zero-order valence-electron chi connectivity index (χ0n) is 14.5. The number of carbonyl (C=O) groups excluding carboxylic acids is 1. The van der Waals surface area contributed by atoms with E-state index in [1.165, 1.54) is 44.1 Å². The Bertz CT molecular complexity index is 568. The summed E-state index contributed by atoms with van der Waals surface area (Å²) >= 11 is 0. The summed E-state index contributed by atoms with van der Waals surface area (Å²) in [6.07, 6.45) is 14.3. The predicted molar refractivity (Wildman–Crippen MR) is 90.5 cm³/mol. The van der Waals surface area contributed by atoms with E-state index >= 15 is 0 Å². The van der Waals surface area contributed by atoms with E-state index in [1.54, 1.807) is 5.57 Å². The lowest BCUT2D eigenvalue weighted by Gasteiger charge is -2.57. The first-order valence-corrected chi connectivity index (χ1v) is 9.38. The summed E-state index contributed by atoms with van der Waals surface area (Å²) in [5.74, 6) is 3.00. The van der Waals surface area contributed by atoms with Crippen LogP contribution < -0.4 is 0 Å². The van der Waals surface area contributed by atoms with Gasteiger partial charge in [-0.3, -0.25) is 4.79 Å². The van der Waals surface area contributed by atoms with Gasteiger partial charge in [-0.25, -0.2) is 0 Å². The van der Waals surface area contributed by atoms with E-state index < -0.39 is 0 Å². The standard InChI is InChI=1S/C21H30O/c1-4-14-6-8-18-17-7-5-15-13-16(22)9-11-21(15,3)19(17)10-12-20(14,18)2/h4,13,17-19H,5-12H2,1-3H3/t17-,18-,19-,20+,21+/m0/s1. The Morgan fingerprint density at radius 2 is 1.77 bits per heavy atom. The van der Waals surface area contributed by atoms with Crippen LogP contribution in [-0.4, -0.2) is 5.78 Å². The molecule has 0 spiro atoms. The van der Waals surface area contributed by atoms with Crippen LogP contribution in [0.3, 0.4) is 0 Å². The van der Waals surface area contributed by atoms with Gasteiger partial charge in [0.05, 0.1) is 0 Å². The smallest absolute Gasteiger partial charge is 0.155 e. The minimum absolute atomic E-state index is 0.330. The highest BCUT2D eigenvalue weighted by Gasteiger charge is 2.57. The van der Waals surface area contributed by atoms with Crippen molar-refractivity contribution in [3.8, 4) is 0 Å². The molecule has 4 aliphatic rings. The van der Waals surface area contributed by atoms with Gasteiger partial charge in [-0.1, -0.05) is 31.1 Å². The molecular weight excluding hydrogens is 268 g/mol. The summed E-state index contributed by atoms with van der Waals surface area (Å²) in [5.41, 5.74) is 4.05. The third kappa shape index (κ3) is 1.80. The maximum absolute atomic E-state index is 11.9. The molecule has 4 aliphatic carbocycles. The Morgan fingerprint density at radius 1 is 1.00 bits per heavy atom. The van der Waals surface area contributed by atoms with Crippen LogP contribution in [0, 0.1) is 28.6 Å². The Balaban J connectivity index is 1.70. The average Bonchev–Trinajstić information content (AvgIpc) is 2.84. The Kier molecular flexibility index (Phi) is 3.23. The van der Waals surface area contributed by atoms with E-state index in [0.29, 0.717) is 16.6 Å². The topological polar surface area (TPSA) is 17.1 Å². The number of hydrogen-bond donors (Lipinski definition) is 0. The Morgan fingerprint density at radius 3 is 2.55 bits per heavy atom. The minimum atomic E-state index is 0.330. The number of hydrogen-bond acceptors (Lipinski definition) is 1. The van der Waals surface area contributed by atoms with Crippen molar-refractivity contribution in [3.63, 3.8) is 0 Å². The van der Waals surface area contributed by atoms with Crippen molar-refractivity contribution in [1.29, 1.82) is 0 Å². The van der Waals surface area contributed by atoms with Crippen LogP contribution in [0.5, 0.6) is 0 Å². The van der Waals surface area contributed by atoms with Crippen molar-refractivity contribution >= 4 is 5.78 Å². The summed E-state index contributed by atoms with van der Waals surface area (Å²) in [6.45, 7) is 7.27. The van der Waals surface area contributed by atoms with Crippen molar-refractivity contribution in [2.24, 2.45) is 28.6 Å². The van der Waals surface area contributed by atoms with Crippen LogP contribution in [-0.2, 0) is 4.79 Å². The molecule has 0 bridgehead atoms. The molecule has 0 saturated heterocycles. The predicted octanol–water partition coefficient (Wildman–Crippen LogP) is 5.46. The van der Waals surface area contributed by atoms with E-state index in [-0.39, 0.29) is 0 Å². The lowest BCUT2D eigenvalue weighted by atomic mass is 9.47. The molecule has 3 saturated carbocycles. The number of allylic oxidation sites excluding steroid dienone is 3. The molecular formula is C21H30O. The van der Waals surface area contributed by atoms with Gasteiger partial charge < -0.3 is 0 Å². The zero-order valence-corrected chi connectivity index (χ0v) is 14.5. The molecule has 1 heteroatoms. The molecule has 5 atom stereocenters. The number of carbonyl (C=O) groups is 1. The van der Waals surface area contributed by atoms with Gasteiger partial charge in [0.25, 0.3) is 0 Å². The van der Waals surface area contributed by atoms with Crippen molar-refractivity contribution in [2.45, 2.75) is 72.1 Å². The molecule has 0 radical (unpaired) electrons. The fraction of sp³-hybridized carbons (Fsp3) is 0.762. The monoisotopic (exact) mass is 298 g/mol. The molecule has 0 aromatic rings. The molecule has 120 valence electrons. The quantitative estimate of drug-likeness (QED) is 0.542. The van der Waals surface area contributed by atoms with Crippen molar-refractivity contribution < 1.29 is 4.79 Å². The molecule has 0 aliphatic heterocycles. The van der Waals surface area contributed by atoms with Gasteiger partial charge in [0.15, 0.2) is 5.78 Å². The number of fused-ring (bicyclic) bond motifs is 5.